The fourth-order valence-corrected chi connectivity index (χ4v) is 2.18. The molecule has 0 amide bonds. The molecule has 0 N–H and O–H groups in total. The maximum Gasteiger partial charge on any atom is 0.151 e. The third-order valence-corrected chi connectivity index (χ3v) is 3.28. The summed E-state index contributed by atoms with van der Waals surface area (Å²) in [6, 6.07) is 18.8. The molecule has 0 radical (unpaired) electrons. The molecular formula is C17H15NO. The van der Waals surface area contributed by atoms with Crippen LogP contribution in [-0.2, 0) is 4.84 Å². The van der Waals surface area contributed by atoms with Crippen molar-refractivity contribution in [2.75, 3.05) is 0 Å². The molecule has 2 aromatic carbocycles. The minimum Gasteiger partial charge on any atom is -0.388 e. The first-order valence-corrected chi connectivity index (χ1v) is 6.38. The Hall–Kier alpha value is -2.35. The lowest BCUT2D eigenvalue weighted by molar-refractivity contribution is 0.120. The number of hydrogen-bond donors (Lipinski definition) is 0. The number of benzene rings is 2. The first-order valence-electron chi connectivity index (χ1n) is 6.38. The van der Waals surface area contributed by atoms with Crippen LogP contribution in [0.25, 0.3) is 11.1 Å². The van der Waals surface area contributed by atoms with E-state index in [0.717, 1.165) is 17.7 Å². The highest BCUT2D eigenvalue weighted by atomic mass is 16.6. The van der Waals surface area contributed by atoms with Crippen LogP contribution in [0.3, 0.4) is 0 Å². The van der Waals surface area contributed by atoms with Gasteiger partial charge in [-0.25, -0.2) is 0 Å². The van der Waals surface area contributed by atoms with E-state index in [1.54, 1.807) is 6.08 Å². The lowest BCUT2D eigenvalue weighted by Crippen LogP contribution is -2.04. The van der Waals surface area contributed by atoms with Crippen LogP contribution in [0.5, 0.6) is 0 Å². The fourth-order valence-electron chi connectivity index (χ4n) is 2.18. The number of nitrogens with zero attached hydrogens (tertiary/aromatic N) is 1. The molecule has 2 aromatic rings. The van der Waals surface area contributed by atoms with Crippen LogP contribution < -0.4 is 0 Å². The van der Waals surface area contributed by atoms with Gasteiger partial charge in [0.2, 0.25) is 0 Å². The van der Waals surface area contributed by atoms with E-state index in [1.165, 1.54) is 11.1 Å². The van der Waals surface area contributed by atoms with Crippen LogP contribution in [0.4, 0.5) is 0 Å². The third kappa shape index (κ3) is 2.43. The van der Waals surface area contributed by atoms with Crippen molar-refractivity contribution in [1.82, 2.24) is 0 Å². The quantitative estimate of drug-likeness (QED) is 0.752. The lowest BCUT2D eigenvalue weighted by Gasteiger charge is -2.03. The van der Waals surface area contributed by atoms with Crippen molar-refractivity contribution in [3.05, 3.63) is 72.8 Å². The Balaban J connectivity index is 1.82. The highest BCUT2D eigenvalue weighted by Gasteiger charge is 2.18. The van der Waals surface area contributed by atoms with Crippen LogP contribution in [-0.4, -0.2) is 11.8 Å². The van der Waals surface area contributed by atoms with E-state index < -0.39 is 0 Å². The Kier molecular flexibility index (Phi) is 3.15. The van der Waals surface area contributed by atoms with E-state index in [9.17, 15) is 0 Å². The average molecular weight is 249 g/mol. The number of hydrogen-bond acceptors (Lipinski definition) is 2. The number of rotatable bonds is 3. The van der Waals surface area contributed by atoms with Crippen molar-refractivity contribution in [1.29, 1.82) is 0 Å². The molecule has 0 bridgehead atoms. The van der Waals surface area contributed by atoms with Crippen molar-refractivity contribution in [2.24, 2.45) is 5.16 Å². The molecule has 0 saturated carbocycles. The second-order valence-electron chi connectivity index (χ2n) is 4.57. The monoisotopic (exact) mass is 249 g/mol. The van der Waals surface area contributed by atoms with Gasteiger partial charge in [0.05, 0.1) is 5.71 Å². The Bertz CT molecular complexity index is 599. The predicted molar refractivity (Wildman–Crippen MR) is 78.1 cm³/mol. The van der Waals surface area contributed by atoms with Crippen LogP contribution in [0, 0.1) is 0 Å². The maximum absolute atomic E-state index is 5.25. The van der Waals surface area contributed by atoms with Gasteiger partial charge < -0.3 is 4.84 Å². The van der Waals surface area contributed by atoms with Crippen molar-refractivity contribution >= 4 is 5.71 Å². The van der Waals surface area contributed by atoms with Gasteiger partial charge in [0.25, 0.3) is 0 Å². The molecule has 1 atom stereocenters. The van der Waals surface area contributed by atoms with Gasteiger partial charge in [-0.15, -0.1) is 0 Å². The topological polar surface area (TPSA) is 21.6 Å². The van der Waals surface area contributed by atoms with Crippen molar-refractivity contribution in [3.63, 3.8) is 0 Å². The van der Waals surface area contributed by atoms with Crippen molar-refractivity contribution in [3.8, 4) is 11.1 Å². The lowest BCUT2D eigenvalue weighted by atomic mass is 10.0. The molecule has 0 saturated heterocycles. The van der Waals surface area contributed by atoms with Crippen LogP contribution in [0.2, 0.25) is 0 Å². The van der Waals surface area contributed by atoms with Crippen molar-refractivity contribution in [2.45, 2.75) is 12.5 Å². The van der Waals surface area contributed by atoms with Gasteiger partial charge in [0, 0.05) is 6.42 Å². The Morgan fingerprint density at radius 3 is 2.21 bits per heavy atom. The zero-order valence-electron chi connectivity index (χ0n) is 10.6. The molecule has 0 spiro atoms. The van der Waals surface area contributed by atoms with Crippen LogP contribution in [0.1, 0.15) is 12.0 Å². The number of oxime groups is 1. The third-order valence-electron chi connectivity index (χ3n) is 3.28. The average Bonchev–Trinajstić information content (AvgIpc) is 2.97. The van der Waals surface area contributed by atoms with Crippen molar-refractivity contribution < 1.29 is 4.84 Å². The summed E-state index contributed by atoms with van der Waals surface area (Å²) in [6.45, 7) is 3.73. The molecule has 2 heteroatoms. The van der Waals surface area contributed by atoms with Crippen LogP contribution >= 0.6 is 0 Å². The maximum atomic E-state index is 5.25. The van der Waals surface area contributed by atoms with Gasteiger partial charge in [-0.05, 0) is 22.8 Å². The van der Waals surface area contributed by atoms with Gasteiger partial charge in [0.1, 0.15) is 0 Å². The second kappa shape index (κ2) is 5.11. The molecule has 94 valence electrons. The summed E-state index contributed by atoms with van der Waals surface area (Å²) in [5.74, 6) is 0. The molecule has 2 nitrogen and oxygen atoms in total. The summed E-state index contributed by atoms with van der Waals surface area (Å²) in [7, 11) is 0. The first-order chi connectivity index (χ1) is 9.36. The molecule has 0 fully saturated rings. The van der Waals surface area contributed by atoms with E-state index in [2.05, 4.69) is 48.1 Å². The smallest absolute Gasteiger partial charge is 0.151 e. The van der Waals surface area contributed by atoms with E-state index in [-0.39, 0.29) is 6.10 Å². The zero-order valence-corrected chi connectivity index (χ0v) is 10.6. The molecule has 0 aliphatic carbocycles. The van der Waals surface area contributed by atoms with Gasteiger partial charge in [0.15, 0.2) is 6.10 Å². The first kappa shape index (κ1) is 11.7. The summed E-state index contributed by atoms with van der Waals surface area (Å²) in [4.78, 5) is 5.25. The summed E-state index contributed by atoms with van der Waals surface area (Å²) < 4.78 is 0. The fraction of sp³-hybridized carbons (Fsp3) is 0.118. The van der Waals surface area contributed by atoms with Gasteiger partial charge in [-0.2, -0.15) is 0 Å². The van der Waals surface area contributed by atoms with E-state index in [4.69, 9.17) is 4.84 Å². The SMILES string of the molecule is C=C[C@H]1CC(c2ccc(-c3ccccc3)cc2)=NO1. The summed E-state index contributed by atoms with van der Waals surface area (Å²) >= 11 is 0. The Morgan fingerprint density at radius 2 is 1.58 bits per heavy atom. The molecule has 19 heavy (non-hydrogen) atoms. The molecule has 1 heterocycles. The Labute approximate surface area is 113 Å². The molecule has 1 aliphatic heterocycles. The molecule has 0 aromatic heterocycles. The minimum atomic E-state index is 0.0174. The predicted octanol–water partition coefficient (Wildman–Crippen LogP) is 4.03. The largest absolute Gasteiger partial charge is 0.388 e. The summed E-state index contributed by atoms with van der Waals surface area (Å²) in [5, 5.41) is 4.11. The second-order valence-corrected chi connectivity index (χ2v) is 4.57. The van der Waals surface area contributed by atoms with E-state index in [0.29, 0.717) is 0 Å². The Morgan fingerprint density at radius 1 is 0.947 bits per heavy atom. The van der Waals surface area contributed by atoms with Gasteiger partial charge in [-0.1, -0.05) is 66.3 Å². The molecule has 1 aliphatic rings. The molecule has 3 rings (SSSR count). The molecular weight excluding hydrogens is 234 g/mol. The van der Waals surface area contributed by atoms with Crippen LogP contribution in [0.15, 0.2) is 72.4 Å². The highest BCUT2D eigenvalue weighted by molar-refractivity contribution is 6.01. The van der Waals surface area contributed by atoms with Gasteiger partial charge >= 0.3 is 0 Å². The summed E-state index contributed by atoms with van der Waals surface area (Å²) in [6.07, 6.45) is 2.60. The normalized spacial score (nSPS) is 17.7. The zero-order chi connectivity index (χ0) is 13.1. The van der Waals surface area contributed by atoms with Gasteiger partial charge in [-0.3, -0.25) is 0 Å². The highest BCUT2D eigenvalue weighted by Crippen LogP contribution is 2.22. The van der Waals surface area contributed by atoms with E-state index in [1.807, 2.05) is 18.2 Å². The molecule has 0 unspecified atom stereocenters. The standard InChI is InChI=1S/C17H15NO/c1-2-16-12-17(18-19-16)15-10-8-14(9-11-15)13-6-4-3-5-7-13/h2-11,16H,1,12H2/t16-/m0/s1. The van der Waals surface area contributed by atoms with E-state index >= 15 is 0 Å². The minimum absolute atomic E-state index is 0.0174. The summed E-state index contributed by atoms with van der Waals surface area (Å²) in [5.41, 5.74) is 4.54.